The molecule has 0 saturated heterocycles. The van der Waals surface area contributed by atoms with Crippen LogP contribution in [0.1, 0.15) is 43.0 Å². The van der Waals surface area contributed by atoms with Crippen LogP contribution in [0.3, 0.4) is 0 Å². The van der Waals surface area contributed by atoms with Crippen molar-refractivity contribution in [1.29, 1.82) is 0 Å². The van der Waals surface area contributed by atoms with Crippen LogP contribution < -0.4 is 5.32 Å². The highest BCUT2D eigenvalue weighted by atomic mass is 32.1. The topological polar surface area (TPSA) is 93.4 Å². The number of carbonyl (C=O) groups is 1. The second-order valence-electron chi connectivity index (χ2n) is 7.21. The third-order valence-electron chi connectivity index (χ3n) is 4.93. The van der Waals surface area contributed by atoms with E-state index >= 15 is 0 Å². The number of carbonyl (C=O) groups excluding carboxylic acids is 1. The van der Waals surface area contributed by atoms with Gasteiger partial charge in [-0.15, -0.1) is 0 Å². The summed E-state index contributed by atoms with van der Waals surface area (Å²) in [5.74, 6) is 0.474. The molecule has 0 saturated carbocycles. The largest absolute Gasteiger partial charge is 0.345 e. The van der Waals surface area contributed by atoms with Gasteiger partial charge in [0.15, 0.2) is 16.2 Å². The number of benzene rings is 1. The van der Waals surface area contributed by atoms with Gasteiger partial charge in [-0.1, -0.05) is 30.3 Å². The van der Waals surface area contributed by atoms with Crippen LogP contribution in [0.4, 0.5) is 0 Å². The third kappa shape index (κ3) is 3.63. The van der Waals surface area contributed by atoms with Gasteiger partial charge in [0.2, 0.25) is 0 Å². The molecule has 2 N–H and O–H groups in total. The van der Waals surface area contributed by atoms with Crippen LogP contribution in [-0.2, 0) is 13.1 Å². The number of nitrogens with one attached hydrogen (secondary N) is 2. The molecule has 0 spiro atoms. The summed E-state index contributed by atoms with van der Waals surface area (Å²) in [4.78, 5) is 18.0. The summed E-state index contributed by atoms with van der Waals surface area (Å²) in [5.41, 5.74) is 2.89. The summed E-state index contributed by atoms with van der Waals surface area (Å²) in [7, 11) is 0. The van der Waals surface area contributed by atoms with E-state index in [1.807, 2.05) is 66.4 Å². The van der Waals surface area contributed by atoms with E-state index in [0.717, 1.165) is 16.6 Å². The summed E-state index contributed by atoms with van der Waals surface area (Å²) >= 11 is 5.22. The number of aromatic nitrogens is 6. The molecule has 8 nitrogen and oxygen atoms in total. The molecular weight excluding hydrogens is 398 g/mol. The highest BCUT2D eigenvalue weighted by Gasteiger charge is 2.19. The fraction of sp³-hybridized carbons (Fsp3) is 0.286. The van der Waals surface area contributed by atoms with E-state index in [4.69, 9.17) is 17.2 Å². The number of pyridine rings is 1. The lowest BCUT2D eigenvalue weighted by molar-refractivity contribution is 0.0951. The SMILES string of the molecule is CCn1c(CNC(=O)c2cc(-c3ccccc3)nc3c2cnn3C(C)C)n[nH]c1=S. The molecule has 0 aliphatic carbocycles. The van der Waals surface area contributed by atoms with Gasteiger partial charge in [-0.05, 0) is 39.1 Å². The molecule has 4 aromatic rings. The minimum Gasteiger partial charge on any atom is -0.345 e. The number of hydrogen-bond acceptors (Lipinski definition) is 5. The van der Waals surface area contributed by atoms with Crippen LogP contribution in [0.2, 0.25) is 0 Å². The molecular formula is C21H23N7OS. The van der Waals surface area contributed by atoms with Crippen LogP contribution in [0.25, 0.3) is 22.3 Å². The summed E-state index contributed by atoms with van der Waals surface area (Å²) in [5, 5.41) is 15.1. The van der Waals surface area contributed by atoms with Crippen molar-refractivity contribution in [2.24, 2.45) is 0 Å². The maximum absolute atomic E-state index is 13.2. The first kappa shape index (κ1) is 20.0. The normalized spacial score (nSPS) is 11.3. The zero-order valence-electron chi connectivity index (χ0n) is 17.1. The first-order valence-electron chi connectivity index (χ1n) is 9.85. The van der Waals surface area contributed by atoms with Crippen molar-refractivity contribution >= 4 is 29.2 Å². The summed E-state index contributed by atoms with van der Waals surface area (Å²) in [6.45, 7) is 7.00. The molecule has 0 aliphatic rings. The van der Waals surface area contributed by atoms with Crippen LogP contribution in [0, 0.1) is 4.77 Å². The molecule has 3 heterocycles. The van der Waals surface area contributed by atoms with Gasteiger partial charge < -0.3 is 9.88 Å². The molecule has 0 bridgehead atoms. The summed E-state index contributed by atoms with van der Waals surface area (Å²) in [6, 6.07) is 11.7. The van der Waals surface area contributed by atoms with E-state index in [0.29, 0.717) is 28.4 Å². The van der Waals surface area contributed by atoms with Gasteiger partial charge in [-0.25, -0.2) is 9.67 Å². The van der Waals surface area contributed by atoms with Crippen LogP contribution in [0.5, 0.6) is 0 Å². The molecule has 0 unspecified atom stereocenters. The quantitative estimate of drug-likeness (QED) is 0.461. The average Bonchev–Trinajstić information content (AvgIpc) is 3.34. The Kier molecular flexibility index (Phi) is 5.45. The number of nitrogens with zero attached hydrogens (tertiary/aromatic N) is 5. The molecule has 154 valence electrons. The van der Waals surface area contributed by atoms with Gasteiger partial charge >= 0.3 is 0 Å². The lowest BCUT2D eigenvalue weighted by atomic mass is 10.1. The number of rotatable bonds is 6. The minimum atomic E-state index is -0.209. The van der Waals surface area contributed by atoms with Gasteiger partial charge in [0.05, 0.1) is 29.4 Å². The predicted octanol–water partition coefficient (Wildman–Crippen LogP) is 3.88. The molecule has 1 amide bonds. The number of H-pyrrole nitrogens is 1. The first-order valence-corrected chi connectivity index (χ1v) is 10.3. The Morgan fingerprint density at radius 3 is 2.73 bits per heavy atom. The molecule has 0 radical (unpaired) electrons. The maximum Gasteiger partial charge on any atom is 0.252 e. The molecule has 0 atom stereocenters. The lowest BCUT2D eigenvalue weighted by Crippen LogP contribution is -2.25. The number of amides is 1. The van der Waals surface area contributed by atoms with Crippen LogP contribution in [0.15, 0.2) is 42.6 Å². The number of aromatic amines is 1. The zero-order valence-corrected chi connectivity index (χ0v) is 17.9. The molecule has 3 aromatic heterocycles. The van der Waals surface area contributed by atoms with Crippen LogP contribution >= 0.6 is 12.2 Å². The standard InChI is InChI=1S/C21H23N7OS/c1-4-27-18(25-26-21(27)30)12-22-20(29)15-10-17(14-8-6-5-7-9-14)24-19-16(15)11-23-28(19)13(2)3/h5-11,13H,4,12H2,1-3H3,(H,22,29)(H,26,30). The summed E-state index contributed by atoms with van der Waals surface area (Å²) < 4.78 is 4.22. The molecule has 0 fully saturated rings. The summed E-state index contributed by atoms with van der Waals surface area (Å²) in [6.07, 6.45) is 1.70. The Morgan fingerprint density at radius 2 is 2.03 bits per heavy atom. The smallest absolute Gasteiger partial charge is 0.252 e. The van der Waals surface area contributed by atoms with Crippen molar-refractivity contribution in [3.8, 4) is 11.3 Å². The van der Waals surface area contributed by atoms with Crippen LogP contribution in [-0.4, -0.2) is 35.4 Å². The minimum absolute atomic E-state index is 0.120. The maximum atomic E-state index is 13.2. The van der Waals surface area contributed by atoms with Crippen molar-refractivity contribution in [3.63, 3.8) is 0 Å². The van der Waals surface area contributed by atoms with Crippen molar-refractivity contribution in [2.45, 2.75) is 39.9 Å². The number of hydrogen-bond donors (Lipinski definition) is 2. The van der Waals surface area contributed by atoms with Crippen molar-refractivity contribution < 1.29 is 4.79 Å². The van der Waals surface area contributed by atoms with E-state index in [2.05, 4.69) is 20.6 Å². The lowest BCUT2D eigenvalue weighted by Gasteiger charge is -2.11. The highest BCUT2D eigenvalue weighted by molar-refractivity contribution is 7.71. The predicted molar refractivity (Wildman–Crippen MR) is 118 cm³/mol. The Bertz CT molecular complexity index is 1250. The van der Waals surface area contributed by atoms with Gasteiger partial charge in [-0.3, -0.25) is 9.89 Å². The van der Waals surface area contributed by atoms with Crippen molar-refractivity contribution in [2.75, 3.05) is 0 Å². The monoisotopic (exact) mass is 421 g/mol. The average molecular weight is 422 g/mol. The second-order valence-corrected chi connectivity index (χ2v) is 7.60. The van der Waals surface area contributed by atoms with Crippen molar-refractivity contribution in [1.82, 2.24) is 34.8 Å². The molecule has 30 heavy (non-hydrogen) atoms. The molecule has 1 aromatic carbocycles. The fourth-order valence-electron chi connectivity index (χ4n) is 3.41. The van der Waals surface area contributed by atoms with E-state index in [-0.39, 0.29) is 18.5 Å². The van der Waals surface area contributed by atoms with Gasteiger partial charge in [0, 0.05) is 18.2 Å². The second kappa shape index (κ2) is 8.19. The Hall–Kier alpha value is -3.33. The molecule has 9 heteroatoms. The van der Waals surface area contributed by atoms with Crippen molar-refractivity contribution in [3.05, 3.63) is 58.8 Å². The Balaban J connectivity index is 1.75. The highest BCUT2D eigenvalue weighted by Crippen LogP contribution is 2.26. The van der Waals surface area contributed by atoms with E-state index < -0.39 is 0 Å². The van der Waals surface area contributed by atoms with Gasteiger partial charge in [0.1, 0.15) is 0 Å². The van der Waals surface area contributed by atoms with E-state index in [1.54, 1.807) is 6.20 Å². The van der Waals surface area contributed by atoms with E-state index in [1.165, 1.54) is 0 Å². The van der Waals surface area contributed by atoms with Gasteiger partial charge in [-0.2, -0.15) is 10.2 Å². The molecule has 0 aliphatic heterocycles. The fourth-order valence-corrected chi connectivity index (χ4v) is 3.69. The third-order valence-corrected chi connectivity index (χ3v) is 5.24. The first-order chi connectivity index (χ1) is 14.5. The zero-order chi connectivity index (χ0) is 21.3. The Labute approximate surface area is 179 Å². The van der Waals surface area contributed by atoms with Gasteiger partial charge in [0.25, 0.3) is 5.91 Å². The van der Waals surface area contributed by atoms with E-state index in [9.17, 15) is 4.79 Å². The molecule has 4 rings (SSSR count). The Morgan fingerprint density at radius 1 is 1.27 bits per heavy atom. The number of fused-ring (bicyclic) bond motifs is 1.